The highest BCUT2D eigenvalue weighted by atomic mass is 16.5. The third-order valence-corrected chi connectivity index (χ3v) is 6.18. The number of aldehydes is 1. The van der Waals surface area contributed by atoms with Gasteiger partial charge in [-0.3, -0.25) is 9.69 Å². The van der Waals surface area contributed by atoms with E-state index in [-0.39, 0.29) is 6.04 Å². The van der Waals surface area contributed by atoms with E-state index in [1.807, 2.05) is 6.07 Å². The summed E-state index contributed by atoms with van der Waals surface area (Å²) in [5, 5.41) is 3.45. The van der Waals surface area contributed by atoms with Crippen LogP contribution in [0.4, 0.5) is 0 Å². The van der Waals surface area contributed by atoms with Crippen molar-refractivity contribution in [2.75, 3.05) is 39.4 Å². The predicted octanol–water partition coefficient (Wildman–Crippen LogP) is 2.92. The molecule has 2 aromatic heterocycles. The normalized spacial score (nSPS) is 21.2. The van der Waals surface area contributed by atoms with Crippen molar-refractivity contribution >= 4 is 11.8 Å². The number of morpholine rings is 1. The van der Waals surface area contributed by atoms with E-state index in [4.69, 9.17) is 4.74 Å². The van der Waals surface area contributed by atoms with Crippen LogP contribution in [-0.4, -0.2) is 55.0 Å². The maximum absolute atomic E-state index is 11.7. The highest BCUT2D eigenvalue weighted by Crippen LogP contribution is 2.32. The van der Waals surface area contributed by atoms with Crippen molar-refractivity contribution in [3.8, 4) is 0 Å². The first kappa shape index (κ1) is 17.7. The summed E-state index contributed by atoms with van der Waals surface area (Å²) in [6, 6.07) is 4.59. The molecular formula is C21H29N3O2. The molecule has 4 heterocycles. The Morgan fingerprint density at radius 1 is 1.23 bits per heavy atom. The molecule has 2 aliphatic heterocycles. The highest BCUT2D eigenvalue weighted by molar-refractivity contribution is 5.81. The van der Waals surface area contributed by atoms with Gasteiger partial charge in [-0.25, -0.2) is 0 Å². The summed E-state index contributed by atoms with van der Waals surface area (Å²) in [6.45, 7) is 9.97. The Bertz CT molecular complexity index is 786. The number of piperidine rings is 1. The van der Waals surface area contributed by atoms with Crippen molar-refractivity contribution in [1.29, 1.82) is 0 Å². The van der Waals surface area contributed by atoms with Crippen molar-refractivity contribution in [2.45, 2.75) is 38.6 Å². The van der Waals surface area contributed by atoms with Crippen molar-refractivity contribution < 1.29 is 9.53 Å². The van der Waals surface area contributed by atoms with Crippen LogP contribution in [0.2, 0.25) is 0 Å². The SMILES string of the molecule is Cc1c(C=O)cc2cc(C3CCNCC3)cn2c1C(C)N1CCOCC1. The lowest BCUT2D eigenvalue weighted by atomic mass is 9.92. The minimum absolute atomic E-state index is 0.259. The fourth-order valence-corrected chi connectivity index (χ4v) is 4.57. The van der Waals surface area contributed by atoms with E-state index < -0.39 is 0 Å². The fraction of sp³-hybridized carbons (Fsp3) is 0.571. The molecule has 2 fully saturated rings. The van der Waals surface area contributed by atoms with Gasteiger partial charge in [0.15, 0.2) is 0 Å². The fourth-order valence-electron chi connectivity index (χ4n) is 4.57. The van der Waals surface area contributed by atoms with Crippen LogP contribution in [0.5, 0.6) is 0 Å². The average molecular weight is 355 g/mol. The van der Waals surface area contributed by atoms with Gasteiger partial charge in [0.05, 0.1) is 13.2 Å². The lowest BCUT2D eigenvalue weighted by Gasteiger charge is -2.34. The molecule has 5 heteroatoms. The van der Waals surface area contributed by atoms with Gasteiger partial charge in [0.25, 0.3) is 0 Å². The van der Waals surface area contributed by atoms with Crippen LogP contribution in [0.3, 0.4) is 0 Å². The van der Waals surface area contributed by atoms with E-state index in [1.165, 1.54) is 24.1 Å². The number of carbonyl (C=O) groups is 1. The Hall–Kier alpha value is -1.69. The van der Waals surface area contributed by atoms with Gasteiger partial charge in [-0.2, -0.15) is 0 Å². The van der Waals surface area contributed by atoms with Crippen LogP contribution in [0.25, 0.3) is 5.52 Å². The number of aromatic nitrogens is 1. The Balaban J connectivity index is 1.79. The molecule has 0 aromatic carbocycles. The zero-order chi connectivity index (χ0) is 18.1. The Labute approximate surface area is 155 Å². The number of carbonyl (C=O) groups excluding carboxylic acids is 1. The number of fused-ring (bicyclic) bond motifs is 1. The first-order chi connectivity index (χ1) is 12.7. The third kappa shape index (κ3) is 3.20. The Kier molecular flexibility index (Phi) is 5.11. The molecule has 0 radical (unpaired) electrons. The molecule has 2 saturated heterocycles. The second-order valence-corrected chi connectivity index (χ2v) is 7.64. The molecule has 0 amide bonds. The number of pyridine rings is 1. The second kappa shape index (κ2) is 7.51. The number of nitrogens with one attached hydrogen (secondary N) is 1. The molecule has 2 aliphatic rings. The van der Waals surface area contributed by atoms with Gasteiger partial charge in [0, 0.05) is 42.1 Å². The molecule has 1 atom stereocenters. The van der Waals surface area contributed by atoms with Gasteiger partial charge in [0.1, 0.15) is 6.29 Å². The zero-order valence-electron chi connectivity index (χ0n) is 15.8. The molecule has 0 aliphatic carbocycles. The Morgan fingerprint density at radius 2 is 1.96 bits per heavy atom. The minimum Gasteiger partial charge on any atom is -0.379 e. The van der Waals surface area contributed by atoms with Crippen molar-refractivity contribution in [2.24, 2.45) is 0 Å². The maximum Gasteiger partial charge on any atom is 0.150 e. The maximum atomic E-state index is 11.7. The first-order valence-corrected chi connectivity index (χ1v) is 9.82. The van der Waals surface area contributed by atoms with E-state index >= 15 is 0 Å². The molecule has 140 valence electrons. The number of hydrogen-bond donors (Lipinski definition) is 1. The van der Waals surface area contributed by atoms with E-state index in [2.05, 4.69) is 40.7 Å². The smallest absolute Gasteiger partial charge is 0.150 e. The van der Waals surface area contributed by atoms with Crippen LogP contribution < -0.4 is 5.32 Å². The molecule has 0 bridgehead atoms. The van der Waals surface area contributed by atoms with Gasteiger partial charge < -0.3 is 14.5 Å². The summed E-state index contributed by atoms with van der Waals surface area (Å²) in [6.07, 6.45) is 5.69. The standard InChI is InChI=1S/C21H29N3O2/c1-15-19(14-25)12-20-11-18(17-3-5-22-6-4-17)13-24(20)21(15)16(2)23-7-9-26-10-8-23/h11-14,16-17,22H,3-10H2,1-2H3. The van der Waals surface area contributed by atoms with Crippen LogP contribution in [0.1, 0.15) is 58.9 Å². The number of nitrogens with zero attached hydrogens (tertiary/aromatic N) is 2. The van der Waals surface area contributed by atoms with Crippen molar-refractivity contribution in [1.82, 2.24) is 14.6 Å². The largest absolute Gasteiger partial charge is 0.379 e. The van der Waals surface area contributed by atoms with E-state index in [0.717, 1.165) is 62.3 Å². The summed E-state index contributed by atoms with van der Waals surface area (Å²) >= 11 is 0. The Morgan fingerprint density at radius 3 is 2.65 bits per heavy atom. The van der Waals surface area contributed by atoms with Crippen LogP contribution in [-0.2, 0) is 4.74 Å². The predicted molar refractivity (Wildman–Crippen MR) is 103 cm³/mol. The number of rotatable bonds is 4. The van der Waals surface area contributed by atoms with Crippen LogP contribution in [0, 0.1) is 6.92 Å². The number of ether oxygens (including phenoxy) is 1. The van der Waals surface area contributed by atoms with Gasteiger partial charge in [-0.05, 0) is 69.0 Å². The lowest BCUT2D eigenvalue weighted by molar-refractivity contribution is 0.0187. The first-order valence-electron chi connectivity index (χ1n) is 9.82. The van der Waals surface area contributed by atoms with Crippen molar-refractivity contribution in [3.05, 3.63) is 40.7 Å². The molecule has 4 rings (SSSR count). The summed E-state index contributed by atoms with van der Waals surface area (Å²) in [4.78, 5) is 14.1. The van der Waals surface area contributed by atoms with E-state index in [9.17, 15) is 4.79 Å². The summed E-state index contributed by atoms with van der Waals surface area (Å²) < 4.78 is 7.85. The molecular weight excluding hydrogens is 326 g/mol. The quantitative estimate of drug-likeness (QED) is 0.857. The molecule has 5 nitrogen and oxygen atoms in total. The third-order valence-electron chi connectivity index (χ3n) is 6.18. The average Bonchev–Trinajstić information content (AvgIpc) is 3.12. The zero-order valence-corrected chi connectivity index (χ0v) is 15.8. The summed E-state index contributed by atoms with van der Waals surface area (Å²) in [5.74, 6) is 0.614. The summed E-state index contributed by atoms with van der Waals surface area (Å²) in [7, 11) is 0. The molecule has 26 heavy (non-hydrogen) atoms. The van der Waals surface area contributed by atoms with Gasteiger partial charge >= 0.3 is 0 Å². The molecule has 1 N–H and O–H groups in total. The van der Waals surface area contributed by atoms with Gasteiger partial charge in [-0.1, -0.05) is 0 Å². The van der Waals surface area contributed by atoms with Crippen LogP contribution in [0.15, 0.2) is 18.3 Å². The topological polar surface area (TPSA) is 46.0 Å². The minimum atomic E-state index is 0.259. The van der Waals surface area contributed by atoms with E-state index in [0.29, 0.717) is 5.92 Å². The molecule has 1 unspecified atom stereocenters. The number of hydrogen-bond acceptors (Lipinski definition) is 4. The molecule has 0 spiro atoms. The monoisotopic (exact) mass is 355 g/mol. The van der Waals surface area contributed by atoms with Gasteiger partial charge in [0.2, 0.25) is 0 Å². The van der Waals surface area contributed by atoms with Gasteiger partial charge in [-0.15, -0.1) is 0 Å². The molecule has 0 saturated carbocycles. The van der Waals surface area contributed by atoms with E-state index in [1.54, 1.807) is 0 Å². The highest BCUT2D eigenvalue weighted by Gasteiger charge is 2.25. The van der Waals surface area contributed by atoms with Crippen LogP contribution >= 0.6 is 0 Å². The lowest BCUT2D eigenvalue weighted by Crippen LogP contribution is -2.38. The molecule has 2 aromatic rings. The second-order valence-electron chi connectivity index (χ2n) is 7.64. The summed E-state index contributed by atoms with van der Waals surface area (Å²) in [5.41, 5.74) is 5.69. The van der Waals surface area contributed by atoms with Crippen molar-refractivity contribution in [3.63, 3.8) is 0 Å².